The largest absolute Gasteiger partial charge is 0.478 e. The number of allylic oxidation sites excluding steroid dienone is 1. The van der Waals surface area contributed by atoms with Gasteiger partial charge in [-0.3, -0.25) is 4.79 Å². The van der Waals surface area contributed by atoms with Crippen molar-refractivity contribution in [3.05, 3.63) is 39.3 Å². The molecule has 0 aromatic carbocycles. The maximum atomic E-state index is 13.8. The van der Waals surface area contributed by atoms with Crippen molar-refractivity contribution < 1.29 is 27.5 Å². The Balaban J connectivity index is 2.96. The summed E-state index contributed by atoms with van der Waals surface area (Å²) in [6.07, 6.45) is -4.50. The average molecular weight is 291 g/mol. The summed E-state index contributed by atoms with van der Waals surface area (Å²) in [6, 6.07) is 0. The van der Waals surface area contributed by atoms with Gasteiger partial charge in [-0.1, -0.05) is 0 Å². The minimum atomic E-state index is -2.53. The monoisotopic (exact) mass is 291 g/mol. The Kier molecular flexibility index (Phi) is 3.41. The smallest absolute Gasteiger partial charge is 0.337 e. The highest BCUT2D eigenvalue weighted by Gasteiger charge is 2.38. The Morgan fingerprint density at radius 3 is 2.50 bits per heavy atom. The SMILES string of the molecule is CCn1c(F)c(F)c(=O)c2c1C(C(=O)O)=CC(F)C2F. The molecule has 0 saturated heterocycles. The number of fused-ring (bicyclic) bond motifs is 1. The van der Waals surface area contributed by atoms with Gasteiger partial charge in [0.25, 0.3) is 0 Å². The molecule has 20 heavy (non-hydrogen) atoms. The van der Waals surface area contributed by atoms with Crippen LogP contribution in [-0.2, 0) is 11.3 Å². The molecule has 0 bridgehead atoms. The van der Waals surface area contributed by atoms with E-state index in [4.69, 9.17) is 5.11 Å². The van der Waals surface area contributed by atoms with Crippen molar-refractivity contribution in [3.63, 3.8) is 0 Å². The van der Waals surface area contributed by atoms with Gasteiger partial charge in [-0.15, -0.1) is 0 Å². The zero-order valence-corrected chi connectivity index (χ0v) is 10.2. The molecule has 2 unspecified atom stereocenters. The number of hydrogen-bond acceptors (Lipinski definition) is 2. The molecule has 0 fully saturated rings. The van der Waals surface area contributed by atoms with Crippen LogP contribution in [0.3, 0.4) is 0 Å². The molecule has 0 amide bonds. The lowest BCUT2D eigenvalue weighted by Gasteiger charge is -2.24. The topological polar surface area (TPSA) is 59.3 Å². The second kappa shape index (κ2) is 4.77. The van der Waals surface area contributed by atoms with Crippen molar-refractivity contribution in [2.75, 3.05) is 0 Å². The predicted octanol–water partition coefficient (Wildman–Crippen LogP) is 1.98. The third kappa shape index (κ3) is 1.83. The van der Waals surface area contributed by atoms with Crippen LogP contribution in [0.15, 0.2) is 10.9 Å². The third-order valence-corrected chi connectivity index (χ3v) is 3.07. The fourth-order valence-electron chi connectivity index (χ4n) is 2.18. The molecular weight excluding hydrogens is 282 g/mol. The van der Waals surface area contributed by atoms with E-state index in [2.05, 4.69) is 0 Å². The molecule has 1 aromatic rings. The van der Waals surface area contributed by atoms with Crippen molar-refractivity contribution in [2.45, 2.75) is 25.8 Å². The molecule has 1 aliphatic carbocycles. The van der Waals surface area contributed by atoms with Crippen LogP contribution >= 0.6 is 0 Å². The van der Waals surface area contributed by atoms with E-state index in [1.165, 1.54) is 6.92 Å². The molecular formula is C12H9F4NO3. The number of pyridine rings is 1. The number of carboxylic acids is 1. The molecule has 108 valence electrons. The van der Waals surface area contributed by atoms with Gasteiger partial charge < -0.3 is 9.67 Å². The summed E-state index contributed by atoms with van der Waals surface area (Å²) in [4.78, 5) is 22.6. The number of hydrogen-bond donors (Lipinski definition) is 1. The zero-order valence-electron chi connectivity index (χ0n) is 10.2. The van der Waals surface area contributed by atoms with E-state index in [-0.39, 0.29) is 6.54 Å². The van der Waals surface area contributed by atoms with Gasteiger partial charge in [0.1, 0.15) is 0 Å². The molecule has 1 aromatic heterocycles. The van der Waals surface area contributed by atoms with Gasteiger partial charge in [-0.2, -0.15) is 8.78 Å². The zero-order chi connectivity index (χ0) is 15.2. The number of alkyl halides is 2. The molecule has 1 N–H and O–H groups in total. The molecule has 0 aliphatic heterocycles. The van der Waals surface area contributed by atoms with E-state index in [1.807, 2.05) is 0 Å². The standard InChI is InChI=1S/C12H9F4NO3/c1-2-17-9-4(12(19)20)3-5(13)7(14)6(9)10(18)8(15)11(17)16/h3,5,7H,2H2,1H3,(H,19,20). The minimum Gasteiger partial charge on any atom is -0.478 e. The second-order valence-corrected chi connectivity index (χ2v) is 4.17. The van der Waals surface area contributed by atoms with E-state index >= 15 is 0 Å². The van der Waals surface area contributed by atoms with Gasteiger partial charge >= 0.3 is 5.97 Å². The van der Waals surface area contributed by atoms with Gasteiger partial charge in [0.2, 0.25) is 17.2 Å². The highest BCUT2D eigenvalue weighted by Crippen LogP contribution is 2.36. The summed E-state index contributed by atoms with van der Waals surface area (Å²) in [5.41, 5.74) is -4.06. The van der Waals surface area contributed by atoms with E-state index < -0.39 is 52.3 Å². The number of carboxylic acid groups (broad SMARTS) is 1. The Labute approximate surface area is 109 Å². The number of aliphatic carboxylic acids is 1. The van der Waals surface area contributed by atoms with Crippen LogP contribution in [0.2, 0.25) is 0 Å². The summed E-state index contributed by atoms with van der Waals surface area (Å²) >= 11 is 0. The lowest BCUT2D eigenvalue weighted by Crippen LogP contribution is -2.32. The molecule has 2 rings (SSSR count). The first kappa shape index (κ1) is 14.3. The second-order valence-electron chi connectivity index (χ2n) is 4.17. The number of rotatable bonds is 2. The fourth-order valence-corrected chi connectivity index (χ4v) is 2.18. The third-order valence-electron chi connectivity index (χ3n) is 3.07. The van der Waals surface area contributed by atoms with Gasteiger partial charge in [0, 0.05) is 6.54 Å². The number of aromatic nitrogens is 1. The summed E-state index contributed by atoms with van der Waals surface area (Å²) in [6.45, 7) is 1.10. The van der Waals surface area contributed by atoms with Gasteiger partial charge in [-0.25, -0.2) is 13.6 Å². The van der Waals surface area contributed by atoms with Crippen molar-refractivity contribution in [1.82, 2.24) is 4.57 Å². The minimum absolute atomic E-state index is 0.250. The highest BCUT2D eigenvalue weighted by atomic mass is 19.2. The van der Waals surface area contributed by atoms with E-state index in [9.17, 15) is 27.2 Å². The van der Waals surface area contributed by atoms with Crippen LogP contribution in [-0.4, -0.2) is 21.8 Å². The normalized spacial score (nSPS) is 21.4. The highest BCUT2D eigenvalue weighted by molar-refractivity contribution is 6.15. The van der Waals surface area contributed by atoms with E-state index in [0.717, 1.165) is 0 Å². The molecule has 4 nitrogen and oxygen atoms in total. The van der Waals surface area contributed by atoms with Crippen molar-refractivity contribution in [1.29, 1.82) is 0 Å². The van der Waals surface area contributed by atoms with Crippen LogP contribution in [0.5, 0.6) is 0 Å². The Morgan fingerprint density at radius 1 is 1.40 bits per heavy atom. The first-order chi connectivity index (χ1) is 9.31. The van der Waals surface area contributed by atoms with Crippen molar-refractivity contribution in [3.8, 4) is 0 Å². The molecule has 0 spiro atoms. The van der Waals surface area contributed by atoms with Crippen molar-refractivity contribution in [2.24, 2.45) is 0 Å². The van der Waals surface area contributed by atoms with Gasteiger partial charge in [-0.05, 0) is 13.0 Å². The van der Waals surface area contributed by atoms with E-state index in [1.54, 1.807) is 0 Å². The number of nitrogens with zero attached hydrogens (tertiary/aromatic N) is 1. The first-order valence-corrected chi connectivity index (χ1v) is 5.66. The van der Waals surface area contributed by atoms with Crippen LogP contribution in [0.4, 0.5) is 17.6 Å². The van der Waals surface area contributed by atoms with E-state index in [0.29, 0.717) is 10.6 Å². The molecule has 2 atom stereocenters. The van der Waals surface area contributed by atoms with Crippen LogP contribution in [0.25, 0.3) is 5.57 Å². The Morgan fingerprint density at radius 2 is 2.00 bits per heavy atom. The first-order valence-electron chi connectivity index (χ1n) is 5.66. The Hall–Kier alpha value is -2.12. The lowest BCUT2D eigenvalue weighted by molar-refractivity contribution is -0.130. The number of halogens is 4. The Bertz CT molecular complexity index is 680. The average Bonchev–Trinajstić information content (AvgIpc) is 2.40. The molecule has 0 saturated carbocycles. The molecule has 0 radical (unpaired) electrons. The molecule has 8 heteroatoms. The lowest BCUT2D eigenvalue weighted by atomic mass is 9.91. The van der Waals surface area contributed by atoms with Gasteiger partial charge in [0.15, 0.2) is 12.3 Å². The van der Waals surface area contributed by atoms with Gasteiger partial charge in [0.05, 0.1) is 16.8 Å². The van der Waals surface area contributed by atoms with Crippen LogP contribution in [0, 0.1) is 11.8 Å². The summed E-state index contributed by atoms with van der Waals surface area (Å²) in [5.74, 6) is -5.12. The quantitative estimate of drug-likeness (QED) is 0.669. The summed E-state index contributed by atoms with van der Waals surface area (Å²) in [5, 5.41) is 8.97. The molecule has 1 heterocycles. The summed E-state index contributed by atoms with van der Waals surface area (Å²) < 4.78 is 54.8. The summed E-state index contributed by atoms with van der Waals surface area (Å²) in [7, 11) is 0. The fraction of sp³-hybridized carbons (Fsp3) is 0.333. The maximum absolute atomic E-state index is 13.8. The maximum Gasteiger partial charge on any atom is 0.337 e. The number of carbonyl (C=O) groups is 1. The van der Waals surface area contributed by atoms with Crippen molar-refractivity contribution >= 4 is 11.5 Å². The predicted molar refractivity (Wildman–Crippen MR) is 60.6 cm³/mol. The van der Waals surface area contributed by atoms with Crippen LogP contribution in [0.1, 0.15) is 24.4 Å². The molecule has 1 aliphatic rings. The van der Waals surface area contributed by atoms with Crippen LogP contribution < -0.4 is 5.43 Å².